The van der Waals surface area contributed by atoms with Crippen LogP contribution >= 0.6 is 12.2 Å². The van der Waals surface area contributed by atoms with Gasteiger partial charge in [0.1, 0.15) is 0 Å². The van der Waals surface area contributed by atoms with E-state index in [1.54, 1.807) is 4.68 Å². The highest BCUT2D eigenvalue weighted by Crippen LogP contribution is 1.95. The van der Waals surface area contributed by atoms with Gasteiger partial charge in [0.25, 0.3) is 0 Å². The van der Waals surface area contributed by atoms with E-state index in [9.17, 15) is 0 Å². The summed E-state index contributed by atoms with van der Waals surface area (Å²) in [6, 6.07) is 0. The van der Waals surface area contributed by atoms with Crippen LogP contribution in [0, 0.1) is 10.7 Å². The molecule has 1 heterocycles. The Hall–Kier alpha value is -0.710. The van der Waals surface area contributed by atoms with E-state index in [0.717, 1.165) is 6.54 Å². The Morgan fingerprint density at radius 1 is 1.70 bits per heavy atom. The molecule has 0 aliphatic rings. The first-order valence-corrected chi connectivity index (χ1v) is 3.59. The van der Waals surface area contributed by atoms with Crippen molar-refractivity contribution in [3.63, 3.8) is 0 Å². The van der Waals surface area contributed by atoms with Gasteiger partial charge in [-0.15, -0.1) is 0 Å². The Labute approximate surface area is 64.2 Å². The van der Waals surface area contributed by atoms with Gasteiger partial charge in [-0.3, -0.25) is 0 Å². The topological polar surface area (TPSA) is 46.5 Å². The summed E-state index contributed by atoms with van der Waals surface area (Å²) in [6.07, 6.45) is 0. The van der Waals surface area contributed by atoms with Crippen LogP contribution in [0.4, 0.5) is 0 Å². The second-order valence-corrected chi connectivity index (χ2v) is 2.95. The van der Waals surface area contributed by atoms with Crippen LogP contribution in [0.1, 0.15) is 13.8 Å². The molecule has 0 atom stereocenters. The van der Waals surface area contributed by atoms with Crippen LogP contribution in [0.15, 0.2) is 0 Å². The summed E-state index contributed by atoms with van der Waals surface area (Å²) < 4.78 is 2.27. The normalized spacial score (nSPS) is 10.7. The number of hydrogen-bond donors (Lipinski definition) is 1. The van der Waals surface area contributed by atoms with Gasteiger partial charge >= 0.3 is 0 Å². The number of hydrogen-bond acceptors (Lipinski definition) is 3. The summed E-state index contributed by atoms with van der Waals surface area (Å²) in [5.41, 5.74) is 0. The number of aromatic nitrogens is 4. The zero-order valence-corrected chi connectivity index (χ0v) is 6.85. The van der Waals surface area contributed by atoms with E-state index in [1.807, 2.05) is 0 Å². The third-order valence-corrected chi connectivity index (χ3v) is 1.38. The van der Waals surface area contributed by atoms with E-state index in [-0.39, 0.29) is 0 Å². The SMILES string of the molecule is CC(C)Cn1[nH]nnc1=S. The highest BCUT2D eigenvalue weighted by Gasteiger charge is 1.97. The first-order chi connectivity index (χ1) is 4.70. The average molecular weight is 158 g/mol. The molecule has 0 spiro atoms. The number of rotatable bonds is 2. The zero-order chi connectivity index (χ0) is 7.56. The molecule has 0 saturated carbocycles. The Morgan fingerprint density at radius 3 is 2.80 bits per heavy atom. The molecule has 0 bridgehead atoms. The largest absolute Gasteiger partial charge is 0.242 e. The van der Waals surface area contributed by atoms with Gasteiger partial charge in [-0.1, -0.05) is 24.2 Å². The van der Waals surface area contributed by atoms with Crippen LogP contribution in [0.2, 0.25) is 0 Å². The van der Waals surface area contributed by atoms with E-state index in [1.165, 1.54) is 0 Å². The summed E-state index contributed by atoms with van der Waals surface area (Å²) in [7, 11) is 0. The number of nitrogens with one attached hydrogen (secondary N) is 1. The molecular formula is C5H10N4S. The fraction of sp³-hybridized carbons (Fsp3) is 0.800. The van der Waals surface area contributed by atoms with Crippen LogP contribution in [0.25, 0.3) is 0 Å². The molecule has 0 radical (unpaired) electrons. The summed E-state index contributed by atoms with van der Waals surface area (Å²) in [5.74, 6) is 0.564. The van der Waals surface area contributed by atoms with Crippen molar-refractivity contribution in [2.24, 2.45) is 5.92 Å². The quantitative estimate of drug-likeness (QED) is 0.653. The molecule has 1 N–H and O–H groups in total. The van der Waals surface area contributed by atoms with Gasteiger partial charge in [0, 0.05) is 6.54 Å². The third kappa shape index (κ3) is 1.63. The molecule has 10 heavy (non-hydrogen) atoms. The van der Waals surface area contributed by atoms with Gasteiger partial charge in [0.2, 0.25) is 4.77 Å². The van der Waals surface area contributed by atoms with Crippen molar-refractivity contribution in [3.8, 4) is 0 Å². The lowest BCUT2D eigenvalue weighted by molar-refractivity contribution is 0.468. The van der Waals surface area contributed by atoms with Crippen LogP contribution in [0.5, 0.6) is 0 Å². The highest BCUT2D eigenvalue weighted by atomic mass is 32.1. The monoisotopic (exact) mass is 158 g/mol. The molecule has 0 aromatic carbocycles. The van der Waals surface area contributed by atoms with Crippen molar-refractivity contribution < 1.29 is 0 Å². The lowest BCUT2D eigenvalue weighted by Gasteiger charge is -2.02. The number of nitrogens with zero attached hydrogens (tertiary/aromatic N) is 3. The van der Waals surface area contributed by atoms with Crippen LogP contribution < -0.4 is 0 Å². The molecule has 5 heteroatoms. The van der Waals surface area contributed by atoms with E-state index in [2.05, 4.69) is 29.4 Å². The van der Waals surface area contributed by atoms with Crippen molar-refractivity contribution in [2.75, 3.05) is 0 Å². The lowest BCUT2D eigenvalue weighted by Crippen LogP contribution is -2.05. The molecule has 0 amide bonds. The molecule has 0 saturated heterocycles. The van der Waals surface area contributed by atoms with Gasteiger partial charge in [0.05, 0.1) is 0 Å². The smallest absolute Gasteiger partial charge is 0.238 e. The highest BCUT2D eigenvalue weighted by molar-refractivity contribution is 7.71. The predicted octanol–water partition coefficient (Wildman–Crippen LogP) is 0.992. The van der Waals surface area contributed by atoms with Crippen molar-refractivity contribution in [2.45, 2.75) is 20.4 Å². The maximum atomic E-state index is 4.86. The van der Waals surface area contributed by atoms with Gasteiger partial charge in [-0.05, 0) is 18.1 Å². The lowest BCUT2D eigenvalue weighted by atomic mass is 10.2. The van der Waals surface area contributed by atoms with Crippen molar-refractivity contribution >= 4 is 12.2 Å². The Morgan fingerprint density at radius 2 is 2.40 bits per heavy atom. The first-order valence-electron chi connectivity index (χ1n) is 3.18. The molecular weight excluding hydrogens is 148 g/mol. The minimum atomic E-state index is 0.522. The van der Waals surface area contributed by atoms with Crippen molar-refractivity contribution in [1.29, 1.82) is 0 Å². The average Bonchev–Trinajstić information content (AvgIpc) is 2.15. The maximum Gasteiger partial charge on any atom is 0.238 e. The van der Waals surface area contributed by atoms with Crippen LogP contribution in [0.3, 0.4) is 0 Å². The second kappa shape index (κ2) is 2.92. The van der Waals surface area contributed by atoms with Crippen molar-refractivity contribution in [1.82, 2.24) is 20.2 Å². The first kappa shape index (κ1) is 7.40. The molecule has 0 aliphatic carbocycles. The number of H-pyrrole nitrogens is 1. The Kier molecular flexibility index (Phi) is 2.16. The Bertz CT molecular complexity index is 248. The van der Waals surface area contributed by atoms with E-state index in [0.29, 0.717) is 10.7 Å². The maximum absolute atomic E-state index is 4.86. The molecule has 0 aliphatic heterocycles. The number of aromatic amines is 1. The van der Waals surface area contributed by atoms with Crippen LogP contribution in [-0.4, -0.2) is 20.2 Å². The molecule has 0 fully saturated rings. The molecule has 1 aromatic heterocycles. The standard InChI is InChI=1S/C5H10N4S/c1-4(2)3-9-5(10)6-7-8-9/h4H,3H2,1-2H3,(H,6,8,10). The van der Waals surface area contributed by atoms with Gasteiger partial charge in [0.15, 0.2) is 0 Å². The molecule has 56 valence electrons. The minimum absolute atomic E-state index is 0.522. The fourth-order valence-electron chi connectivity index (χ4n) is 0.700. The molecule has 1 aromatic rings. The van der Waals surface area contributed by atoms with Gasteiger partial charge in [-0.2, -0.15) is 5.21 Å². The molecule has 1 rings (SSSR count). The summed E-state index contributed by atoms with van der Waals surface area (Å²) in [4.78, 5) is 0. The van der Waals surface area contributed by atoms with E-state index in [4.69, 9.17) is 12.2 Å². The van der Waals surface area contributed by atoms with Crippen molar-refractivity contribution in [3.05, 3.63) is 4.77 Å². The minimum Gasteiger partial charge on any atom is -0.242 e. The van der Waals surface area contributed by atoms with Gasteiger partial charge in [-0.25, -0.2) is 4.68 Å². The second-order valence-electron chi connectivity index (χ2n) is 2.59. The molecule has 4 nitrogen and oxygen atoms in total. The Balaban J connectivity index is 2.75. The molecule has 0 unspecified atom stereocenters. The third-order valence-electron chi connectivity index (χ3n) is 1.08. The van der Waals surface area contributed by atoms with E-state index >= 15 is 0 Å². The fourth-order valence-corrected chi connectivity index (χ4v) is 0.856. The van der Waals surface area contributed by atoms with Gasteiger partial charge < -0.3 is 0 Å². The van der Waals surface area contributed by atoms with E-state index < -0.39 is 0 Å². The summed E-state index contributed by atoms with van der Waals surface area (Å²) in [6.45, 7) is 5.08. The summed E-state index contributed by atoms with van der Waals surface area (Å²) in [5, 5.41) is 9.89. The number of tetrazole rings is 1. The zero-order valence-electron chi connectivity index (χ0n) is 6.03. The summed E-state index contributed by atoms with van der Waals surface area (Å²) >= 11 is 4.86. The predicted molar refractivity (Wildman–Crippen MR) is 40.0 cm³/mol. The van der Waals surface area contributed by atoms with Crippen LogP contribution in [-0.2, 0) is 6.54 Å².